The molecule has 1 amide bonds. The average molecular weight is 327 g/mol. The number of carbonyl (C=O) groups is 1. The number of nitrogens with one attached hydrogen (secondary N) is 2. The molecule has 4 rings (SSSR count). The van der Waals surface area contributed by atoms with E-state index in [1.54, 1.807) is 7.11 Å². The van der Waals surface area contributed by atoms with Gasteiger partial charge in [0, 0.05) is 5.69 Å². The van der Waals surface area contributed by atoms with Crippen LogP contribution in [0.1, 0.15) is 26.7 Å². The molecule has 128 valence electrons. The van der Waals surface area contributed by atoms with Crippen molar-refractivity contribution in [2.75, 3.05) is 19.0 Å². The topological polar surface area (TPSA) is 62.7 Å². The Kier molecular flexibility index (Phi) is 4.60. The van der Waals surface area contributed by atoms with E-state index in [4.69, 9.17) is 4.74 Å². The van der Waals surface area contributed by atoms with E-state index in [-0.39, 0.29) is 12.5 Å². The van der Waals surface area contributed by atoms with Crippen LogP contribution in [0.5, 0.6) is 5.75 Å². The minimum Gasteiger partial charge on any atom is -0.497 e. The van der Waals surface area contributed by atoms with Crippen LogP contribution in [0.2, 0.25) is 0 Å². The van der Waals surface area contributed by atoms with E-state index in [2.05, 4.69) is 35.8 Å². The number of carbonyl (C=O) groups excluding carboxylic acids is 1. The Morgan fingerprint density at radius 2 is 2.12 bits per heavy atom. The number of nitrogens with zero attached hydrogens (tertiary/aromatic N) is 1. The van der Waals surface area contributed by atoms with Crippen molar-refractivity contribution in [3.05, 3.63) is 35.9 Å². The van der Waals surface area contributed by atoms with E-state index in [0.717, 1.165) is 23.8 Å². The maximum absolute atomic E-state index is 11.9. The summed E-state index contributed by atoms with van der Waals surface area (Å²) in [6.45, 7) is 4.83. The monoisotopic (exact) mass is 327 g/mol. The van der Waals surface area contributed by atoms with Crippen LogP contribution in [0.3, 0.4) is 0 Å². The third kappa shape index (κ3) is 3.30. The van der Waals surface area contributed by atoms with E-state index in [1.807, 2.05) is 30.5 Å². The normalized spacial score (nSPS) is 24.0. The Morgan fingerprint density at radius 3 is 2.75 bits per heavy atom. The number of ether oxygens (including phenoxy) is 1. The Bertz CT molecular complexity index is 662. The summed E-state index contributed by atoms with van der Waals surface area (Å²) in [6.07, 6.45) is 6.44. The third-order valence-electron chi connectivity index (χ3n) is 5.46. The van der Waals surface area contributed by atoms with Gasteiger partial charge in [-0.2, -0.15) is 5.10 Å². The first kappa shape index (κ1) is 16.6. The number of allylic oxidation sites excluding steroid dienone is 2. The lowest BCUT2D eigenvalue weighted by Crippen LogP contribution is -2.48. The van der Waals surface area contributed by atoms with Gasteiger partial charge in [-0.15, -0.1) is 0 Å². The molecule has 0 radical (unpaired) electrons. The summed E-state index contributed by atoms with van der Waals surface area (Å²) in [6, 6.07) is 7.44. The van der Waals surface area contributed by atoms with Crippen molar-refractivity contribution in [3.63, 3.8) is 0 Å². The van der Waals surface area contributed by atoms with Gasteiger partial charge >= 0.3 is 0 Å². The fourth-order valence-corrected chi connectivity index (χ4v) is 3.65. The smallest absolute Gasteiger partial charge is 0.259 e. The Balaban J connectivity index is 1.45. The SMILES string of the molecule is COc1ccc(NCC(=O)N/N=C\C2=CC[C@@H]3C[C@@H]2C3(C)C)cc1. The molecule has 0 saturated heterocycles. The molecule has 2 atom stereocenters. The van der Waals surface area contributed by atoms with Gasteiger partial charge in [0.05, 0.1) is 19.9 Å². The van der Waals surface area contributed by atoms with Crippen molar-refractivity contribution in [2.45, 2.75) is 26.7 Å². The summed E-state index contributed by atoms with van der Waals surface area (Å²) >= 11 is 0. The van der Waals surface area contributed by atoms with Crippen LogP contribution < -0.4 is 15.5 Å². The van der Waals surface area contributed by atoms with Crippen molar-refractivity contribution in [2.24, 2.45) is 22.4 Å². The van der Waals surface area contributed by atoms with Crippen LogP contribution in [0.4, 0.5) is 5.69 Å². The minimum atomic E-state index is -0.163. The second kappa shape index (κ2) is 6.67. The zero-order valence-electron chi connectivity index (χ0n) is 14.5. The average Bonchev–Trinajstić information content (AvgIpc) is 2.60. The summed E-state index contributed by atoms with van der Waals surface area (Å²) in [5, 5.41) is 7.18. The van der Waals surface area contributed by atoms with E-state index in [1.165, 1.54) is 12.0 Å². The fourth-order valence-electron chi connectivity index (χ4n) is 3.65. The standard InChI is InChI=1S/C19H25N3O2/c1-19(2)14-5-4-13(17(19)10-14)11-21-22-18(23)12-20-15-6-8-16(24-3)9-7-15/h4,6-9,11,14,17,20H,5,10,12H2,1-3H3,(H,22,23)/b21-11-/t14-,17+/m1/s1. The van der Waals surface area contributed by atoms with Crippen LogP contribution >= 0.6 is 0 Å². The number of hydrogen-bond donors (Lipinski definition) is 2. The highest BCUT2D eigenvalue weighted by Gasteiger charge is 2.50. The molecule has 1 saturated carbocycles. The van der Waals surface area contributed by atoms with Gasteiger partial charge in [-0.25, -0.2) is 5.43 Å². The van der Waals surface area contributed by atoms with Crippen molar-refractivity contribution >= 4 is 17.8 Å². The number of benzene rings is 1. The number of hydrazone groups is 1. The zero-order chi connectivity index (χ0) is 17.2. The van der Waals surface area contributed by atoms with E-state index >= 15 is 0 Å². The van der Waals surface area contributed by atoms with Gasteiger partial charge in [0.15, 0.2) is 0 Å². The molecule has 0 spiro atoms. The van der Waals surface area contributed by atoms with Crippen molar-refractivity contribution < 1.29 is 9.53 Å². The molecule has 1 fully saturated rings. The molecule has 24 heavy (non-hydrogen) atoms. The Hall–Kier alpha value is -2.30. The highest BCUT2D eigenvalue weighted by molar-refractivity contribution is 5.84. The first-order valence-corrected chi connectivity index (χ1v) is 8.40. The van der Waals surface area contributed by atoms with Gasteiger partial charge in [0.2, 0.25) is 0 Å². The summed E-state index contributed by atoms with van der Waals surface area (Å²) in [4.78, 5) is 11.9. The molecule has 2 N–H and O–H groups in total. The highest BCUT2D eigenvalue weighted by Crippen LogP contribution is 2.58. The number of methoxy groups -OCH3 is 1. The first-order valence-electron chi connectivity index (χ1n) is 8.40. The van der Waals surface area contributed by atoms with Crippen LogP contribution in [0.25, 0.3) is 0 Å². The van der Waals surface area contributed by atoms with E-state index in [0.29, 0.717) is 11.3 Å². The molecule has 0 aliphatic heterocycles. The predicted molar refractivity (Wildman–Crippen MR) is 96.2 cm³/mol. The summed E-state index contributed by atoms with van der Waals surface area (Å²) in [5.74, 6) is 2.01. The number of amides is 1. The van der Waals surface area contributed by atoms with Crippen LogP contribution in [0.15, 0.2) is 41.0 Å². The van der Waals surface area contributed by atoms with Gasteiger partial charge in [0.1, 0.15) is 5.75 Å². The molecule has 1 aromatic carbocycles. The summed E-state index contributed by atoms with van der Waals surface area (Å²) in [7, 11) is 1.63. The van der Waals surface area contributed by atoms with Crippen molar-refractivity contribution in [3.8, 4) is 5.75 Å². The van der Waals surface area contributed by atoms with Gasteiger partial charge in [-0.05, 0) is 59.9 Å². The largest absolute Gasteiger partial charge is 0.497 e. The molecule has 5 heteroatoms. The second-order valence-electron chi connectivity index (χ2n) is 7.12. The number of fused-ring (bicyclic) bond motifs is 1. The molecule has 2 bridgehead atoms. The van der Waals surface area contributed by atoms with Crippen LogP contribution in [-0.4, -0.2) is 25.8 Å². The van der Waals surface area contributed by atoms with Gasteiger partial charge in [-0.3, -0.25) is 4.79 Å². The maximum Gasteiger partial charge on any atom is 0.259 e. The Morgan fingerprint density at radius 1 is 1.38 bits per heavy atom. The molecular weight excluding hydrogens is 302 g/mol. The molecule has 0 unspecified atom stereocenters. The Labute approximate surface area is 143 Å². The molecule has 0 aromatic heterocycles. The highest BCUT2D eigenvalue weighted by atomic mass is 16.5. The third-order valence-corrected chi connectivity index (χ3v) is 5.46. The first-order chi connectivity index (χ1) is 11.5. The summed E-state index contributed by atoms with van der Waals surface area (Å²) < 4.78 is 5.10. The lowest BCUT2D eigenvalue weighted by atomic mass is 9.49. The van der Waals surface area contributed by atoms with Crippen molar-refractivity contribution in [1.82, 2.24) is 5.43 Å². The predicted octanol–water partition coefficient (Wildman–Crippen LogP) is 3.20. The van der Waals surface area contributed by atoms with Crippen molar-refractivity contribution in [1.29, 1.82) is 0 Å². The zero-order valence-corrected chi connectivity index (χ0v) is 14.5. The fraction of sp³-hybridized carbons (Fsp3) is 0.474. The number of rotatable bonds is 6. The molecule has 3 aliphatic carbocycles. The second-order valence-corrected chi connectivity index (χ2v) is 7.12. The van der Waals surface area contributed by atoms with E-state index in [9.17, 15) is 4.79 Å². The maximum atomic E-state index is 11.9. The van der Waals surface area contributed by atoms with Gasteiger partial charge in [0.25, 0.3) is 5.91 Å². The summed E-state index contributed by atoms with van der Waals surface area (Å²) in [5.41, 5.74) is 5.08. The number of hydrogen-bond acceptors (Lipinski definition) is 4. The number of anilines is 1. The van der Waals surface area contributed by atoms with E-state index < -0.39 is 0 Å². The molecule has 1 aromatic rings. The lowest BCUT2D eigenvalue weighted by molar-refractivity contribution is -0.119. The lowest BCUT2D eigenvalue weighted by Gasteiger charge is -2.55. The van der Waals surface area contributed by atoms with Crippen LogP contribution in [-0.2, 0) is 4.79 Å². The minimum absolute atomic E-state index is 0.163. The van der Waals surface area contributed by atoms with Gasteiger partial charge in [-0.1, -0.05) is 19.9 Å². The van der Waals surface area contributed by atoms with Crippen LogP contribution in [0, 0.1) is 17.3 Å². The molecule has 5 nitrogen and oxygen atoms in total. The molecular formula is C19H25N3O2. The molecule has 0 heterocycles. The van der Waals surface area contributed by atoms with Gasteiger partial charge < -0.3 is 10.1 Å². The molecule has 3 aliphatic rings. The quantitative estimate of drug-likeness (QED) is 0.623.